The Morgan fingerprint density at radius 1 is 1.36 bits per heavy atom. The Hall–Kier alpha value is -0.721. The van der Waals surface area contributed by atoms with Crippen molar-refractivity contribution in [3.8, 4) is 0 Å². The molecule has 0 amide bonds. The monoisotopic (exact) mass is 194 g/mol. The van der Waals surface area contributed by atoms with Crippen molar-refractivity contribution in [3.05, 3.63) is 35.6 Å². The van der Waals surface area contributed by atoms with Crippen LogP contribution in [0.4, 0.5) is 0 Å². The Kier molecular flexibility index (Phi) is 1.72. The molecule has 0 saturated heterocycles. The van der Waals surface area contributed by atoms with E-state index in [1.165, 1.54) is 11.1 Å². The van der Waals surface area contributed by atoms with E-state index in [-0.39, 0.29) is 0 Å². The molecule has 1 heterocycles. The van der Waals surface area contributed by atoms with Crippen molar-refractivity contribution >= 4 is 10.5 Å². The molecule has 1 aliphatic heterocycles. The van der Waals surface area contributed by atoms with Gasteiger partial charge in [-0.2, -0.15) is 0 Å². The summed E-state index contributed by atoms with van der Waals surface area (Å²) in [6.07, 6.45) is 3.64. The first-order chi connectivity index (χ1) is 5.36. The summed E-state index contributed by atoms with van der Waals surface area (Å²) in [6, 6.07) is 5.91. The summed E-state index contributed by atoms with van der Waals surface area (Å²) in [6.45, 7) is 0.666. The van der Waals surface area contributed by atoms with E-state index in [2.05, 4.69) is 0 Å². The van der Waals surface area contributed by atoms with Crippen LogP contribution in [0.2, 0.25) is 0 Å². The first-order valence-electron chi connectivity index (χ1n) is 3.39. The van der Waals surface area contributed by atoms with Gasteiger partial charge in [-0.3, -0.25) is 0 Å². The zero-order valence-corrected chi connectivity index (χ0v) is 6.75. The molecule has 0 atom stereocenters. The summed E-state index contributed by atoms with van der Waals surface area (Å²) in [4.78, 5) is 0. The molecule has 0 spiro atoms. The molecule has 0 aromatic heterocycles. The Bertz CT molecular complexity index is 304. The quantitative estimate of drug-likeness (QED) is 0.567. The molecule has 1 aromatic carbocycles. The van der Waals surface area contributed by atoms with Gasteiger partial charge in [-0.15, -0.1) is 0 Å². The molecule has 0 radical (unpaired) electrons. The normalized spacial score (nSPS) is 14.0. The molecule has 11 heavy (non-hydrogen) atoms. The van der Waals surface area contributed by atoms with Crippen molar-refractivity contribution in [2.45, 2.75) is 6.61 Å². The molecule has 60 valence electrons. The first-order valence-corrected chi connectivity index (χ1v) is 3.86. The summed E-state index contributed by atoms with van der Waals surface area (Å²) in [5.41, 5.74) is 2.38. The molecular weight excluding hydrogens is 188 g/mol. The maximum absolute atomic E-state index is 5.17. The van der Waals surface area contributed by atoms with E-state index < -0.39 is 0 Å². The third kappa shape index (κ3) is 1.32. The van der Waals surface area contributed by atoms with Crippen LogP contribution in [0, 0.1) is 0 Å². The van der Waals surface area contributed by atoms with Gasteiger partial charge < -0.3 is 0 Å². The van der Waals surface area contributed by atoms with Crippen molar-refractivity contribution in [2.75, 3.05) is 0 Å². The van der Waals surface area contributed by atoms with Crippen LogP contribution in [-0.2, 0) is 27.4 Å². The summed E-state index contributed by atoms with van der Waals surface area (Å²) < 4.78 is 5.98. The van der Waals surface area contributed by atoms with Crippen molar-refractivity contribution < 1.29 is 20.7 Å². The third-order valence-electron chi connectivity index (χ3n) is 1.67. The van der Waals surface area contributed by atoms with Crippen LogP contribution in [-0.4, -0.2) is 0 Å². The molecule has 1 nitrogen and oxygen atoms in total. The maximum atomic E-state index is 5.17. The van der Waals surface area contributed by atoms with Gasteiger partial charge in [0, 0.05) is 0 Å². The standard InChI is InChI=1S/C9H7O.Cu/c1-2-4-9-7-10-6-5-8(9)3-1;/h2-6H,7H2;. The Labute approximate surface area is 73.9 Å². The average Bonchev–Trinajstić information content (AvgIpc) is 2.04. The minimum absolute atomic E-state index is 0.666. The van der Waals surface area contributed by atoms with Crippen LogP contribution in [0.3, 0.4) is 0 Å². The van der Waals surface area contributed by atoms with E-state index in [0.717, 1.165) is 4.46 Å². The number of rotatable bonds is 0. The van der Waals surface area contributed by atoms with E-state index in [1.807, 2.05) is 24.3 Å². The molecule has 0 N–H and O–H groups in total. The Morgan fingerprint density at radius 3 is 3.18 bits per heavy atom. The van der Waals surface area contributed by atoms with Gasteiger partial charge in [0.25, 0.3) is 0 Å². The predicted octanol–water partition coefficient (Wildman–Crippen LogP) is 1.36. The summed E-state index contributed by atoms with van der Waals surface area (Å²) in [5.74, 6) is 0. The molecule has 0 unspecified atom stereocenters. The number of ether oxygens (including phenoxy) is 1. The van der Waals surface area contributed by atoms with Gasteiger partial charge in [0.2, 0.25) is 0 Å². The molecular formula is C9H7CuO. The second-order valence-electron chi connectivity index (χ2n) is 2.41. The number of benzene rings is 1. The topological polar surface area (TPSA) is 9.23 Å². The predicted molar refractivity (Wildman–Crippen MR) is 39.9 cm³/mol. The molecule has 0 saturated carbocycles. The molecule has 0 bridgehead atoms. The Balaban J connectivity index is 2.54. The van der Waals surface area contributed by atoms with Gasteiger partial charge >= 0.3 is 73.5 Å². The van der Waals surface area contributed by atoms with Crippen molar-refractivity contribution in [1.29, 1.82) is 0 Å². The van der Waals surface area contributed by atoms with Crippen LogP contribution in [0.15, 0.2) is 24.5 Å². The van der Waals surface area contributed by atoms with Gasteiger partial charge in [-0.25, -0.2) is 0 Å². The third-order valence-corrected chi connectivity index (χ3v) is 1.96. The van der Waals surface area contributed by atoms with Crippen LogP contribution in [0.25, 0.3) is 6.08 Å². The minimum atomic E-state index is 0.666. The van der Waals surface area contributed by atoms with Gasteiger partial charge in [0.05, 0.1) is 0 Å². The molecule has 0 aliphatic carbocycles. The summed E-state index contributed by atoms with van der Waals surface area (Å²) >= 11 is 5.17. The zero-order valence-electron chi connectivity index (χ0n) is 5.80. The van der Waals surface area contributed by atoms with E-state index in [4.69, 9.17) is 20.7 Å². The number of hydrogen-bond donors (Lipinski definition) is 0. The van der Waals surface area contributed by atoms with Crippen LogP contribution >= 0.6 is 0 Å². The van der Waals surface area contributed by atoms with Gasteiger partial charge in [-0.05, 0) is 0 Å². The van der Waals surface area contributed by atoms with Crippen molar-refractivity contribution in [1.82, 2.24) is 0 Å². The molecule has 2 rings (SSSR count). The van der Waals surface area contributed by atoms with Gasteiger partial charge in [-0.1, -0.05) is 0 Å². The zero-order chi connectivity index (χ0) is 7.68. The summed E-state index contributed by atoms with van der Waals surface area (Å²) in [7, 11) is 0. The second-order valence-corrected chi connectivity index (χ2v) is 2.96. The number of fused-ring (bicyclic) bond motifs is 1. The fraction of sp³-hybridized carbons (Fsp3) is 0.111. The van der Waals surface area contributed by atoms with Crippen LogP contribution < -0.4 is 4.46 Å². The molecule has 0 fully saturated rings. The van der Waals surface area contributed by atoms with E-state index in [0.29, 0.717) is 6.61 Å². The fourth-order valence-corrected chi connectivity index (χ4v) is 1.32. The second kappa shape index (κ2) is 2.72. The van der Waals surface area contributed by atoms with Gasteiger partial charge in [0.15, 0.2) is 0 Å². The Morgan fingerprint density at radius 2 is 2.27 bits per heavy atom. The molecule has 1 aromatic rings. The van der Waals surface area contributed by atoms with E-state index >= 15 is 0 Å². The summed E-state index contributed by atoms with van der Waals surface area (Å²) in [5, 5.41) is 0. The van der Waals surface area contributed by atoms with Crippen LogP contribution in [0.5, 0.6) is 0 Å². The van der Waals surface area contributed by atoms with E-state index in [9.17, 15) is 0 Å². The van der Waals surface area contributed by atoms with Gasteiger partial charge in [0.1, 0.15) is 0 Å². The number of hydrogen-bond acceptors (Lipinski definition) is 1. The average molecular weight is 195 g/mol. The van der Waals surface area contributed by atoms with Crippen LogP contribution in [0.1, 0.15) is 11.1 Å². The molecule has 2 heteroatoms. The fourth-order valence-electron chi connectivity index (χ4n) is 1.09. The van der Waals surface area contributed by atoms with Crippen molar-refractivity contribution in [3.63, 3.8) is 0 Å². The molecule has 1 aliphatic rings. The SMILES string of the molecule is [Cu][c]1ccc2c(c1)C=COC2. The van der Waals surface area contributed by atoms with Crippen molar-refractivity contribution in [2.24, 2.45) is 0 Å². The first kappa shape index (κ1) is 6.96. The van der Waals surface area contributed by atoms with E-state index in [1.54, 1.807) is 6.26 Å².